The second kappa shape index (κ2) is 6.42. The molecule has 0 aliphatic heterocycles. The minimum Gasteiger partial charge on any atom is -0.365 e. The van der Waals surface area contributed by atoms with E-state index >= 15 is 0 Å². The molecule has 1 aromatic heterocycles. The van der Waals surface area contributed by atoms with Gasteiger partial charge in [0.25, 0.3) is 5.56 Å². The van der Waals surface area contributed by atoms with Gasteiger partial charge in [-0.15, -0.1) is 0 Å². The Kier molecular flexibility index (Phi) is 5.19. The number of anilines is 1. The maximum atomic E-state index is 11.4. The highest BCUT2D eigenvalue weighted by Gasteiger charge is 2.17. The van der Waals surface area contributed by atoms with E-state index in [1.807, 2.05) is 0 Å². The van der Waals surface area contributed by atoms with Crippen molar-refractivity contribution in [3.05, 3.63) is 22.7 Å². The molecule has 4 heteroatoms. The van der Waals surface area contributed by atoms with Crippen LogP contribution < -0.4 is 10.9 Å². The molecule has 96 valence electrons. The van der Waals surface area contributed by atoms with Crippen LogP contribution in [0.15, 0.2) is 17.2 Å². The fraction of sp³-hybridized carbons (Fsp3) is 0.692. The fourth-order valence-electron chi connectivity index (χ4n) is 1.74. The number of rotatable bonds is 7. The summed E-state index contributed by atoms with van der Waals surface area (Å²) in [4.78, 5) is 18.0. The van der Waals surface area contributed by atoms with Gasteiger partial charge >= 0.3 is 0 Å². The van der Waals surface area contributed by atoms with Gasteiger partial charge in [0.2, 0.25) is 0 Å². The molecule has 0 saturated carbocycles. The minimum atomic E-state index is -0.156. The first-order chi connectivity index (χ1) is 8.05. The van der Waals surface area contributed by atoms with E-state index < -0.39 is 0 Å². The zero-order valence-corrected chi connectivity index (χ0v) is 11.0. The first-order valence-corrected chi connectivity index (χ1v) is 6.33. The lowest BCUT2D eigenvalue weighted by atomic mass is 9.87. The first-order valence-electron chi connectivity index (χ1n) is 6.33. The molecule has 0 saturated heterocycles. The molecule has 4 nitrogen and oxygen atoms in total. The second-order valence-electron chi connectivity index (χ2n) is 5.24. The van der Waals surface area contributed by atoms with E-state index in [0.717, 1.165) is 6.54 Å². The minimum absolute atomic E-state index is 0.156. The van der Waals surface area contributed by atoms with Crippen molar-refractivity contribution in [3.8, 4) is 0 Å². The Morgan fingerprint density at radius 2 is 2.18 bits per heavy atom. The van der Waals surface area contributed by atoms with Crippen molar-refractivity contribution in [1.29, 1.82) is 0 Å². The van der Waals surface area contributed by atoms with E-state index in [1.165, 1.54) is 25.7 Å². The average molecular weight is 237 g/mol. The highest BCUT2D eigenvalue weighted by molar-refractivity contribution is 5.30. The molecule has 0 aromatic carbocycles. The Morgan fingerprint density at radius 1 is 1.41 bits per heavy atom. The Bertz CT molecular complexity index is 384. The lowest BCUT2D eigenvalue weighted by Gasteiger charge is -2.24. The highest BCUT2D eigenvalue weighted by atomic mass is 16.1. The molecule has 17 heavy (non-hydrogen) atoms. The zero-order valence-electron chi connectivity index (χ0n) is 11.0. The predicted octanol–water partition coefficient (Wildman–Crippen LogP) is 2.79. The first kappa shape index (κ1) is 13.7. The summed E-state index contributed by atoms with van der Waals surface area (Å²) < 4.78 is 0. The summed E-state index contributed by atoms with van der Waals surface area (Å²) in [6.07, 6.45) is 8.05. The number of hydrogen-bond donors (Lipinski definition) is 2. The number of H-pyrrole nitrogens is 1. The Morgan fingerprint density at radius 3 is 2.82 bits per heavy atom. The normalized spacial score (nSPS) is 11.5. The largest absolute Gasteiger partial charge is 0.365 e. The van der Waals surface area contributed by atoms with Gasteiger partial charge < -0.3 is 10.3 Å². The van der Waals surface area contributed by atoms with Crippen molar-refractivity contribution in [2.24, 2.45) is 5.41 Å². The van der Waals surface area contributed by atoms with Gasteiger partial charge in [-0.3, -0.25) is 4.79 Å². The van der Waals surface area contributed by atoms with Crippen LogP contribution in [-0.2, 0) is 0 Å². The second-order valence-corrected chi connectivity index (χ2v) is 5.24. The summed E-state index contributed by atoms with van der Waals surface area (Å²) in [7, 11) is 0. The molecule has 0 amide bonds. The summed E-state index contributed by atoms with van der Waals surface area (Å²) in [5.41, 5.74) is 0.0379. The smallest absolute Gasteiger partial charge is 0.290 e. The van der Waals surface area contributed by atoms with E-state index in [0.29, 0.717) is 5.82 Å². The van der Waals surface area contributed by atoms with Crippen molar-refractivity contribution in [1.82, 2.24) is 9.97 Å². The van der Waals surface area contributed by atoms with Gasteiger partial charge in [0.15, 0.2) is 5.82 Å². The molecule has 0 spiro atoms. The molecule has 0 unspecified atom stereocenters. The zero-order chi connectivity index (χ0) is 12.7. The summed E-state index contributed by atoms with van der Waals surface area (Å²) >= 11 is 0. The summed E-state index contributed by atoms with van der Waals surface area (Å²) in [6, 6.07) is 0. The third-order valence-electron chi connectivity index (χ3n) is 2.90. The Balaban J connectivity index is 2.44. The van der Waals surface area contributed by atoms with Crippen molar-refractivity contribution in [3.63, 3.8) is 0 Å². The maximum Gasteiger partial charge on any atom is 0.290 e. The number of nitrogens with one attached hydrogen (secondary N) is 2. The van der Waals surface area contributed by atoms with Gasteiger partial charge in [-0.25, -0.2) is 4.98 Å². The van der Waals surface area contributed by atoms with E-state index in [-0.39, 0.29) is 11.0 Å². The van der Waals surface area contributed by atoms with Gasteiger partial charge in [-0.2, -0.15) is 0 Å². The van der Waals surface area contributed by atoms with Gasteiger partial charge in [0.1, 0.15) is 0 Å². The van der Waals surface area contributed by atoms with Crippen LogP contribution in [-0.4, -0.2) is 16.5 Å². The average Bonchev–Trinajstić information content (AvgIpc) is 2.28. The van der Waals surface area contributed by atoms with Crippen LogP contribution in [0.3, 0.4) is 0 Å². The molecule has 1 rings (SSSR count). The van der Waals surface area contributed by atoms with Crippen molar-refractivity contribution in [2.75, 3.05) is 11.9 Å². The van der Waals surface area contributed by atoms with Crippen LogP contribution in [0.5, 0.6) is 0 Å². The van der Waals surface area contributed by atoms with Crippen molar-refractivity contribution in [2.45, 2.75) is 46.5 Å². The van der Waals surface area contributed by atoms with Crippen molar-refractivity contribution >= 4 is 5.82 Å². The molecular formula is C13H23N3O. The van der Waals surface area contributed by atoms with E-state index in [9.17, 15) is 4.79 Å². The topological polar surface area (TPSA) is 57.8 Å². The standard InChI is InChI=1S/C13H23N3O/c1-4-5-6-7-13(2,3)10-16-11-12(17)15-9-8-14-11/h8-9H,4-7,10H2,1-3H3,(H,14,16)(H,15,17). The molecule has 2 N–H and O–H groups in total. The molecule has 1 heterocycles. The SMILES string of the molecule is CCCCCC(C)(C)CNc1ncc[nH]c1=O. The third-order valence-corrected chi connectivity index (χ3v) is 2.90. The molecular weight excluding hydrogens is 214 g/mol. The van der Waals surface area contributed by atoms with Crippen LogP contribution in [0.2, 0.25) is 0 Å². The Hall–Kier alpha value is -1.32. The van der Waals surface area contributed by atoms with Crippen LogP contribution in [0.25, 0.3) is 0 Å². The van der Waals surface area contributed by atoms with Gasteiger partial charge in [-0.1, -0.05) is 40.0 Å². The molecule has 1 aromatic rings. The molecule has 0 fully saturated rings. The summed E-state index contributed by atoms with van der Waals surface area (Å²) in [5.74, 6) is 0.413. The van der Waals surface area contributed by atoms with Crippen LogP contribution in [0, 0.1) is 5.41 Å². The van der Waals surface area contributed by atoms with Crippen LogP contribution in [0.1, 0.15) is 46.5 Å². The number of hydrogen-bond acceptors (Lipinski definition) is 3. The van der Waals surface area contributed by atoms with E-state index in [1.54, 1.807) is 12.4 Å². The molecule has 0 aliphatic rings. The summed E-state index contributed by atoms with van der Waals surface area (Å²) in [5, 5.41) is 3.13. The molecule has 0 aliphatic carbocycles. The number of unbranched alkanes of at least 4 members (excludes halogenated alkanes) is 2. The molecule has 0 atom stereocenters. The maximum absolute atomic E-state index is 11.4. The number of aromatic nitrogens is 2. The third kappa shape index (κ3) is 5.02. The van der Waals surface area contributed by atoms with Crippen molar-refractivity contribution < 1.29 is 0 Å². The van der Waals surface area contributed by atoms with Gasteiger partial charge in [0.05, 0.1) is 0 Å². The van der Waals surface area contributed by atoms with Crippen LogP contribution in [0.4, 0.5) is 5.82 Å². The van der Waals surface area contributed by atoms with Gasteiger partial charge in [-0.05, 0) is 11.8 Å². The molecule has 0 bridgehead atoms. The highest BCUT2D eigenvalue weighted by Crippen LogP contribution is 2.23. The fourth-order valence-corrected chi connectivity index (χ4v) is 1.74. The van der Waals surface area contributed by atoms with E-state index in [2.05, 4.69) is 36.1 Å². The molecule has 0 radical (unpaired) electrons. The summed E-state index contributed by atoms with van der Waals surface area (Å²) in [6.45, 7) is 7.41. The lowest BCUT2D eigenvalue weighted by Crippen LogP contribution is -2.26. The van der Waals surface area contributed by atoms with Crippen LogP contribution >= 0.6 is 0 Å². The van der Waals surface area contributed by atoms with Gasteiger partial charge in [0, 0.05) is 18.9 Å². The number of aromatic amines is 1. The lowest BCUT2D eigenvalue weighted by molar-refractivity contribution is 0.342. The number of nitrogens with zero attached hydrogens (tertiary/aromatic N) is 1. The predicted molar refractivity (Wildman–Crippen MR) is 71.3 cm³/mol. The monoisotopic (exact) mass is 237 g/mol. The quantitative estimate of drug-likeness (QED) is 0.717. The van der Waals surface area contributed by atoms with E-state index in [4.69, 9.17) is 0 Å². The Labute approximate surface area is 103 Å².